The first-order chi connectivity index (χ1) is 10.1. The van der Waals surface area contributed by atoms with E-state index >= 15 is 0 Å². The number of hydrogen-bond acceptors (Lipinski definition) is 2. The molecular weight excluding hydrogens is 260 g/mol. The third-order valence-electron chi connectivity index (χ3n) is 4.20. The van der Waals surface area contributed by atoms with E-state index in [4.69, 9.17) is 0 Å². The maximum Gasteiger partial charge on any atom is 0.191 e. The van der Waals surface area contributed by atoms with Crippen molar-refractivity contribution < 1.29 is 0 Å². The van der Waals surface area contributed by atoms with Gasteiger partial charge in [-0.1, -0.05) is 37.3 Å². The van der Waals surface area contributed by atoms with Crippen LogP contribution < -0.4 is 10.6 Å². The Bertz CT molecular complexity index is 455. The first kappa shape index (κ1) is 15.8. The molecule has 3 atom stereocenters. The molecule has 0 radical (unpaired) electrons. The van der Waals surface area contributed by atoms with Crippen LogP contribution in [0, 0.1) is 5.92 Å². The first-order valence-corrected chi connectivity index (χ1v) is 7.77. The lowest BCUT2D eigenvalue weighted by molar-refractivity contribution is 0.290. The zero-order valence-corrected chi connectivity index (χ0v) is 13.6. The van der Waals surface area contributed by atoms with Crippen LogP contribution in [0.5, 0.6) is 0 Å². The summed E-state index contributed by atoms with van der Waals surface area (Å²) >= 11 is 0. The Balaban J connectivity index is 1.84. The second kappa shape index (κ2) is 7.46. The van der Waals surface area contributed by atoms with Crippen LogP contribution in [0.25, 0.3) is 0 Å². The molecule has 0 spiro atoms. The van der Waals surface area contributed by atoms with Crippen molar-refractivity contribution in [3.8, 4) is 0 Å². The molecule has 1 aromatic rings. The number of likely N-dealkylation sites (N-methyl/N-ethyl adjacent to an activating group) is 1. The molecule has 0 saturated heterocycles. The van der Waals surface area contributed by atoms with E-state index in [9.17, 15) is 0 Å². The number of benzene rings is 1. The SMILES string of the molecule is CN=C(NCC(Cc1ccccc1)N(C)C)NC1CC1C. The van der Waals surface area contributed by atoms with Crippen molar-refractivity contribution in [2.45, 2.75) is 31.8 Å². The molecule has 0 aliphatic heterocycles. The van der Waals surface area contributed by atoms with Crippen LogP contribution in [-0.4, -0.2) is 50.6 Å². The Hall–Kier alpha value is -1.55. The van der Waals surface area contributed by atoms with Gasteiger partial charge >= 0.3 is 0 Å². The normalized spacial score (nSPS) is 23.0. The van der Waals surface area contributed by atoms with E-state index in [0.29, 0.717) is 12.1 Å². The Labute approximate surface area is 128 Å². The summed E-state index contributed by atoms with van der Waals surface area (Å²) in [4.78, 5) is 6.59. The van der Waals surface area contributed by atoms with E-state index in [-0.39, 0.29) is 0 Å². The van der Waals surface area contributed by atoms with E-state index in [1.807, 2.05) is 7.05 Å². The highest BCUT2D eigenvalue weighted by molar-refractivity contribution is 5.80. The van der Waals surface area contributed by atoms with E-state index in [0.717, 1.165) is 24.8 Å². The molecule has 1 fully saturated rings. The van der Waals surface area contributed by atoms with Gasteiger partial charge in [-0.25, -0.2) is 0 Å². The summed E-state index contributed by atoms with van der Waals surface area (Å²) in [5.74, 6) is 1.70. The Morgan fingerprint density at radius 3 is 2.52 bits per heavy atom. The topological polar surface area (TPSA) is 39.7 Å². The lowest BCUT2D eigenvalue weighted by atomic mass is 10.1. The van der Waals surface area contributed by atoms with Crippen LogP contribution in [0.3, 0.4) is 0 Å². The van der Waals surface area contributed by atoms with Crippen molar-refractivity contribution in [1.82, 2.24) is 15.5 Å². The minimum Gasteiger partial charge on any atom is -0.355 e. The highest BCUT2D eigenvalue weighted by atomic mass is 15.2. The summed E-state index contributed by atoms with van der Waals surface area (Å²) in [5, 5.41) is 6.93. The largest absolute Gasteiger partial charge is 0.355 e. The summed E-state index contributed by atoms with van der Waals surface area (Å²) in [6.07, 6.45) is 2.29. The Morgan fingerprint density at radius 1 is 1.33 bits per heavy atom. The molecule has 2 rings (SSSR count). The van der Waals surface area contributed by atoms with Crippen LogP contribution in [-0.2, 0) is 6.42 Å². The molecule has 1 saturated carbocycles. The molecule has 21 heavy (non-hydrogen) atoms. The molecule has 1 aliphatic carbocycles. The minimum absolute atomic E-state index is 0.447. The minimum atomic E-state index is 0.447. The van der Waals surface area contributed by atoms with Crippen LogP contribution in [0.15, 0.2) is 35.3 Å². The fraction of sp³-hybridized carbons (Fsp3) is 0.588. The molecular formula is C17H28N4. The van der Waals surface area contributed by atoms with Crippen molar-refractivity contribution in [3.05, 3.63) is 35.9 Å². The van der Waals surface area contributed by atoms with Gasteiger partial charge in [0.05, 0.1) is 0 Å². The predicted molar refractivity (Wildman–Crippen MR) is 89.7 cm³/mol. The molecule has 4 nitrogen and oxygen atoms in total. The smallest absolute Gasteiger partial charge is 0.191 e. The molecule has 1 aromatic carbocycles. The van der Waals surface area contributed by atoms with Gasteiger partial charge in [0, 0.05) is 25.7 Å². The Morgan fingerprint density at radius 2 is 2.00 bits per heavy atom. The summed E-state index contributed by atoms with van der Waals surface area (Å²) in [7, 11) is 6.10. The third-order valence-corrected chi connectivity index (χ3v) is 4.20. The van der Waals surface area contributed by atoms with Gasteiger partial charge in [-0.05, 0) is 38.4 Å². The highest BCUT2D eigenvalue weighted by Gasteiger charge is 2.33. The average Bonchev–Trinajstić information content (AvgIpc) is 3.17. The van der Waals surface area contributed by atoms with E-state index in [2.05, 4.69) is 71.9 Å². The van der Waals surface area contributed by atoms with E-state index in [1.165, 1.54) is 12.0 Å². The van der Waals surface area contributed by atoms with Crippen molar-refractivity contribution in [1.29, 1.82) is 0 Å². The number of rotatable bonds is 6. The number of nitrogens with one attached hydrogen (secondary N) is 2. The summed E-state index contributed by atoms with van der Waals surface area (Å²) in [5.41, 5.74) is 1.37. The number of hydrogen-bond donors (Lipinski definition) is 2. The van der Waals surface area contributed by atoms with Crippen LogP contribution in [0.4, 0.5) is 0 Å². The van der Waals surface area contributed by atoms with Gasteiger partial charge in [-0.3, -0.25) is 4.99 Å². The lowest BCUT2D eigenvalue weighted by Gasteiger charge is -2.25. The average molecular weight is 288 g/mol. The fourth-order valence-electron chi connectivity index (χ4n) is 2.43. The molecule has 116 valence electrons. The fourth-order valence-corrected chi connectivity index (χ4v) is 2.43. The monoisotopic (exact) mass is 288 g/mol. The predicted octanol–water partition coefficient (Wildman–Crippen LogP) is 1.73. The first-order valence-electron chi connectivity index (χ1n) is 7.77. The van der Waals surface area contributed by atoms with Crippen LogP contribution in [0.2, 0.25) is 0 Å². The van der Waals surface area contributed by atoms with E-state index in [1.54, 1.807) is 0 Å². The third kappa shape index (κ3) is 5.05. The second-order valence-electron chi connectivity index (χ2n) is 6.22. The maximum absolute atomic E-state index is 4.32. The zero-order chi connectivity index (χ0) is 15.2. The lowest BCUT2D eigenvalue weighted by Crippen LogP contribution is -2.46. The van der Waals surface area contributed by atoms with Gasteiger partial charge in [0.2, 0.25) is 0 Å². The highest BCUT2D eigenvalue weighted by Crippen LogP contribution is 2.28. The molecule has 2 N–H and O–H groups in total. The number of nitrogens with zero attached hydrogens (tertiary/aromatic N) is 2. The maximum atomic E-state index is 4.32. The molecule has 0 aromatic heterocycles. The number of aliphatic imine (C=N–C) groups is 1. The van der Waals surface area contributed by atoms with Crippen LogP contribution in [0.1, 0.15) is 18.9 Å². The van der Waals surface area contributed by atoms with Gasteiger partial charge in [-0.2, -0.15) is 0 Å². The van der Waals surface area contributed by atoms with Gasteiger partial charge in [-0.15, -0.1) is 0 Å². The second-order valence-corrected chi connectivity index (χ2v) is 6.22. The summed E-state index contributed by atoms with van der Waals surface area (Å²) in [6.45, 7) is 3.16. The standard InChI is InChI=1S/C17H28N4/c1-13-10-16(13)20-17(18-2)19-12-15(21(3)4)11-14-8-6-5-7-9-14/h5-9,13,15-16H,10-12H2,1-4H3,(H2,18,19,20). The van der Waals surface area contributed by atoms with Crippen molar-refractivity contribution in [3.63, 3.8) is 0 Å². The van der Waals surface area contributed by atoms with Gasteiger partial charge in [0.25, 0.3) is 0 Å². The molecule has 4 heteroatoms. The molecule has 0 amide bonds. The summed E-state index contributed by atoms with van der Waals surface area (Å²) < 4.78 is 0. The van der Waals surface area contributed by atoms with Crippen molar-refractivity contribution >= 4 is 5.96 Å². The van der Waals surface area contributed by atoms with Gasteiger partial charge < -0.3 is 15.5 Å². The molecule has 3 unspecified atom stereocenters. The van der Waals surface area contributed by atoms with Gasteiger partial charge in [0.15, 0.2) is 5.96 Å². The molecule has 0 heterocycles. The van der Waals surface area contributed by atoms with E-state index < -0.39 is 0 Å². The molecule has 0 bridgehead atoms. The van der Waals surface area contributed by atoms with Gasteiger partial charge in [0.1, 0.15) is 0 Å². The molecule has 1 aliphatic rings. The Kier molecular flexibility index (Phi) is 5.62. The quantitative estimate of drug-likeness (QED) is 0.619. The van der Waals surface area contributed by atoms with Crippen molar-refractivity contribution in [2.24, 2.45) is 10.9 Å². The van der Waals surface area contributed by atoms with Crippen LogP contribution >= 0.6 is 0 Å². The number of guanidine groups is 1. The van der Waals surface area contributed by atoms with Crippen molar-refractivity contribution in [2.75, 3.05) is 27.7 Å². The zero-order valence-electron chi connectivity index (χ0n) is 13.6. The summed E-state index contributed by atoms with van der Waals surface area (Å²) in [6, 6.07) is 11.7.